The summed E-state index contributed by atoms with van der Waals surface area (Å²) in [5, 5.41) is 9.48. The van der Waals surface area contributed by atoms with Crippen LogP contribution in [0.3, 0.4) is 0 Å². The van der Waals surface area contributed by atoms with Crippen LogP contribution in [0.4, 0.5) is 0 Å². The largest absolute Gasteiger partial charge is 0.493 e. The highest BCUT2D eigenvalue weighted by Gasteiger charge is 2.35. The smallest absolute Gasteiger partial charge is 0.244 e. The first-order chi connectivity index (χ1) is 12.3. The van der Waals surface area contributed by atoms with E-state index in [0.717, 1.165) is 47.9 Å². The van der Waals surface area contributed by atoms with Gasteiger partial charge in [0.2, 0.25) is 5.91 Å². The number of carbonyl (C=O) groups is 1. The van der Waals surface area contributed by atoms with Crippen LogP contribution in [-0.4, -0.2) is 47.3 Å². The molecule has 1 N–H and O–H groups in total. The summed E-state index contributed by atoms with van der Waals surface area (Å²) in [5.74, 6) is 1.04. The molecule has 1 atom stereocenters. The van der Waals surface area contributed by atoms with Gasteiger partial charge in [-0.2, -0.15) is 5.10 Å². The molecule has 4 heterocycles. The van der Waals surface area contributed by atoms with Crippen LogP contribution in [0.1, 0.15) is 17.5 Å². The molecule has 1 aromatic heterocycles. The highest BCUT2D eigenvalue weighted by atomic mass is 16.5. The highest BCUT2D eigenvalue weighted by Crippen LogP contribution is 2.30. The predicted octanol–water partition coefficient (Wildman–Crippen LogP) is 1.59. The van der Waals surface area contributed by atoms with Gasteiger partial charge in [-0.25, -0.2) is 0 Å². The van der Waals surface area contributed by atoms with Crippen LogP contribution in [0.25, 0.3) is 11.3 Å². The minimum atomic E-state index is -0.169. The number of hydrogen-bond acceptors (Lipinski definition) is 5. The second kappa shape index (κ2) is 5.58. The average Bonchev–Trinajstić information content (AvgIpc) is 3.28. The number of hydrogen-bond donors (Lipinski definition) is 1. The van der Waals surface area contributed by atoms with Crippen LogP contribution in [0.5, 0.6) is 5.75 Å². The zero-order chi connectivity index (χ0) is 16.8. The fourth-order valence-electron chi connectivity index (χ4n) is 3.69. The molecule has 1 aromatic carbocycles. The zero-order valence-electron chi connectivity index (χ0n) is 13.7. The standard InChI is InChI=1S/C19H18N4O2/c24-19-17-11-16(22-23(17)7-6-21-19)13-3-5-20-15(10-13)12-1-2-18-14(9-12)4-8-25-18/h1-3,5,9-10,17H,4,6-8,11H2,(H,21,24). The Labute approximate surface area is 145 Å². The van der Waals surface area contributed by atoms with Crippen molar-refractivity contribution in [3.8, 4) is 17.0 Å². The predicted molar refractivity (Wildman–Crippen MR) is 93.5 cm³/mol. The molecule has 0 bridgehead atoms. The lowest BCUT2D eigenvalue weighted by molar-refractivity contribution is -0.128. The third kappa shape index (κ3) is 2.45. The fraction of sp³-hybridized carbons (Fsp3) is 0.316. The van der Waals surface area contributed by atoms with Gasteiger partial charge in [0.15, 0.2) is 0 Å². The van der Waals surface area contributed by atoms with E-state index in [9.17, 15) is 4.79 Å². The molecule has 25 heavy (non-hydrogen) atoms. The van der Waals surface area contributed by atoms with Crippen molar-refractivity contribution in [2.24, 2.45) is 5.10 Å². The number of aromatic nitrogens is 1. The molecule has 0 aliphatic carbocycles. The van der Waals surface area contributed by atoms with E-state index in [-0.39, 0.29) is 11.9 Å². The molecule has 1 amide bonds. The normalized spacial score (nSPS) is 21.3. The number of benzene rings is 1. The minimum Gasteiger partial charge on any atom is -0.493 e. The Morgan fingerprint density at radius 3 is 3.08 bits per heavy atom. The van der Waals surface area contributed by atoms with E-state index >= 15 is 0 Å². The number of pyridine rings is 1. The number of amides is 1. The van der Waals surface area contributed by atoms with Gasteiger partial charge in [-0.1, -0.05) is 0 Å². The summed E-state index contributed by atoms with van der Waals surface area (Å²) in [4.78, 5) is 16.5. The molecule has 2 aromatic rings. The first-order valence-electron chi connectivity index (χ1n) is 8.62. The molecule has 6 heteroatoms. The number of fused-ring (bicyclic) bond motifs is 2. The van der Waals surface area contributed by atoms with Gasteiger partial charge in [-0.05, 0) is 35.9 Å². The van der Waals surface area contributed by atoms with Gasteiger partial charge in [0.25, 0.3) is 0 Å². The summed E-state index contributed by atoms with van der Waals surface area (Å²) in [5.41, 5.74) is 5.22. The molecule has 0 saturated carbocycles. The highest BCUT2D eigenvalue weighted by molar-refractivity contribution is 6.05. The Morgan fingerprint density at radius 2 is 2.16 bits per heavy atom. The SMILES string of the molecule is O=C1NCCN2N=C(c3ccnc(-c4ccc5c(c4)CCO5)c3)CC12. The van der Waals surface area contributed by atoms with Gasteiger partial charge >= 0.3 is 0 Å². The number of nitrogens with zero attached hydrogens (tertiary/aromatic N) is 3. The van der Waals surface area contributed by atoms with Crippen LogP contribution < -0.4 is 10.1 Å². The van der Waals surface area contributed by atoms with Crippen molar-refractivity contribution >= 4 is 11.6 Å². The van der Waals surface area contributed by atoms with Crippen molar-refractivity contribution in [2.45, 2.75) is 18.9 Å². The monoisotopic (exact) mass is 334 g/mol. The first kappa shape index (κ1) is 14.5. The second-order valence-corrected chi connectivity index (χ2v) is 6.57. The van der Waals surface area contributed by atoms with Crippen molar-refractivity contribution in [1.82, 2.24) is 15.3 Å². The zero-order valence-corrected chi connectivity index (χ0v) is 13.7. The maximum atomic E-state index is 12.0. The number of rotatable bonds is 2. The van der Waals surface area contributed by atoms with E-state index in [4.69, 9.17) is 4.74 Å². The molecule has 1 fully saturated rings. The Morgan fingerprint density at radius 1 is 1.20 bits per heavy atom. The van der Waals surface area contributed by atoms with E-state index < -0.39 is 0 Å². The number of nitrogens with one attached hydrogen (secondary N) is 1. The van der Waals surface area contributed by atoms with E-state index in [1.807, 2.05) is 29.4 Å². The Balaban J connectivity index is 1.47. The Bertz CT molecular complexity index is 893. The van der Waals surface area contributed by atoms with Gasteiger partial charge in [-0.15, -0.1) is 0 Å². The van der Waals surface area contributed by atoms with Crippen LogP contribution >= 0.6 is 0 Å². The summed E-state index contributed by atoms with van der Waals surface area (Å²) in [6, 6.07) is 10.1. The molecular weight excluding hydrogens is 316 g/mol. The van der Waals surface area contributed by atoms with Gasteiger partial charge in [0, 0.05) is 36.7 Å². The quantitative estimate of drug-likeness (QED) is 0.906. The van der Waals surface area contributed by atoms with Crippen molar-refractivity contribution in [2.75, 3.05) is 19.7 Å². The molecule has 0 spiro atoms. The third-order valence-corrected chi connectivity index (χ3v) is 5.02. The number of ether oxygens (including phenoxy) is 1. The molecule has 126 valence electrons. The first-order valence-corrected chi connectivity index (χ1v) is 8.62. The molecular formula is C19H18N4O2. The lowest BCUT2D eigenvalue weighted by Crippen LogP contribution is -2.51. The summed E-state index contributed by atoms with van der Waals surface area (Å²) >= 11 is 0. The average molecular weight is 334 g/mol. The van der Waals surface area contributed by atoms with E-state index in [0.29, 0.717) is 13.0 Å². The van der Waals surface area contributed by atoms with Crippen LogP contribution in [0.2, 0.25) is 0 Å². The molecule has 1 unspecified atom stereocenters. The van der Waals surface area contributed by atoms with Crippen LogP contribution in [-0.2, 0) is 11.2 Å². The molecule has 1 saturated heterocycles. The summed E-state index contributed by atoms with van der Waals surface area (Å²) in [6.45, 7) is 2.18. The third-order valence-electron chi connectivity index (χ3n) is 5.02. The maximum Gasteiger partial charge on any atom is 0.244 e. The maximum absolute atomic E-state index is 12.0. The molecule has 6 nitrogen and oxygen atoms in total. The molecule has 3 aliphatic rings. The van der Waals surface area contributed by atoms with Crippen molar-refractivity contribution in [3.63, 3.8) is 0 Å². The minimum absolute atomic E-state index is 0.0675. The summed E-state index contributed by atoms with van der Waals surface area (Å²) in [6.07, 6.45) is 3.41. The van der Waals surface area contributed by atoms with Crippen LogP contribution in [0, 0.1) is 0 Å². The van der Waals surface area contributed by atoms with E-state index in [1.54, 1.807) is 0 Å². The topological polar surface area (TPSA) is 66.8 Å². The lowest BCUT2D eigenvalue weighted by atomic mass is 10.0. The van der Waals surface area contributed by atoms with Crippen molar-refractivity contribution in [3.05, 3.63) is 47.7 Å². The van der Waals surface area contributed by atoms with Gasteiger partial charge < -0.3 is 10.1 Å². The fourth-order valence-corrected chi connectivity index (χ4v) is 3.69. The van der Waals surface area contributed by atoms with E-state index in [1.165, 1.54) is 5.56 Å². The molecule has 3 aliphatic heterocycles. The second-order valence-electron chi connectivity index (χ2n) is 6.57. The van der Waals surface area contributed by atoms with Gasteiger partial charge in [-0.3, -0.25) is 14.8 Å². The van der Waals surface area contributed by atoms with Crippen LogP contribution in [0.15, 0.2) is 41.6 Å². The molecule has 0 radical (unpaired) electrons. The number of carbonyl (C=O) groups excluding carboxylic acids is 1. The number of piperazine rings is 1. The van der Waals surface area contributed by atoms with E-state index in [2.05, 4.69) is 27.5 Å². The molecule has 5 rings (SSSR count). The Kier molecular flexibility index (Phi) is 3.23. The van der Waals surface area contributed by atoms with Crippen molar-refractivity contribution < 1.29 is 9.53 Å². The summed E-state index contributed by atoms with van der Waals surface area (Å²) < 4.78 is 5.58. The summed E-state index contributed by atoms with van der Waals surface area (Å²) in [7, 11) is 0. The Hall–Kier alpha value is -2.89. The van der Waals surface area contributed by atoms with Gasteiger partial charge in [0.05, 0.1) is 24.6 Å². The van der Waals surface area contributed by atoms with Crippen molar-refractivity contribution in [1.29, 1.82) is 0 Å². The lowest BCUT2D eigenvalue weighted by Gasteiger charge is -2.27. The van der Waals surface area contributed by atoms with Gasteiger partial charge in [0.1, 0.15) is 11.8 Å². The number of hydrazone groups is 1.